The fraction of sp³-hybridized carbons (Fsp3) is 0.435. The fourth-order valence-electron chi connectivity index (χ4n) is 9.20. The maximum absolute atomic E-state index is 13.8. The topological polar surface area (TPSA) is 170 Å². The van der Waals surface area contributed by atoms with E-state index in [4.69, 9.17) is 4.74 Å². The Balaban J connectivity index is 0.852. The van der Waals surface area contributed by atoms with Crippen molar-refractivity contribution in [2.75, 3.05) is 20.2 Å². The molecule has 4 heterocycles. The number of carbonyl (C=O) groups is 2. The molecule has 0 atom stereocenters. The van der Waals surface area contributed by atoms with E-state index in [1.807, 2.05) is 48.9 Å². The van der Waals surface area contributed by atoms with Crippen LogP contribution >= 0.6 is 0 Å². The smallest absolute Gasteiger partial charge is 0.497 e. The van der Waals surface area contributed by atoms with Gasteiger partial charge < -0.3 is 39.2 Å². The summed E-state index contributed by atoms with van der Waals surface area (Å²) in [5.41, 5.74) is 5.50. The van der Waals surface area contributed by atoms with Crippen LogP contribution in [0.1, 0.15) is 107 Å². The van der Waals surface area contributed by atoms with Crippen LogP contribution in [0.3, 0.4) is 0 Å². The molecule has 6 aromatic rings. The molecule has 2 amide bonds. The number of nitrogens with zero attached hydrogens (tertiary/aromatic N) is 6. The monoisotopic (exact) mass is 866 g/mol. The van der Waals surface area contributed by atoms with E-state index in [-0.39, 0.29) is 29.4 Å². The zero-order chi connectivity index (χ0) is 44.1. The minimum Gasteiger partial charge on any atom is -0.497 e. The number of hydrogen-bond acceptors (Lipinski definition) is 8. The molecule has 2 aliphatic rings. The van der Waals surface area contributed by atoms with Gasteiger partial charge in [0.05, 0.1) is 29.6 Å². The fourth-order valence-corrected chi connectivity index (χ4v) is 9.20. The molecule has 2 aromatic carbocycles. The van der Waals surface area contributed by atoms with Gasteiger partial charge in [0.15, 0.2) is 0 Å². The molecule has 2 saturated carbocycles. The van der Waals surface area contributed by atoms with Crippen molar-refractivity contribution >= 4 is 11.8 Å². The van der Waals surface area contributed by atoms with Gasteiger partial charge in [-0.1, -0.05) is 0 Å². The quantitative estimate of drug-likeness (QED) is 0.0800. The van der Waals surface area contributed by atoms with Crippen molar-refractivity contribution in [2.45, 2.75) is 89.5 Å². The summed E-state index contributed by atoms with van der Waals surface area (Å²) >= 11 is 0. The summed E-state index contributed by atoms with van der Waals surface area (Å²) in [6.45, 7) is 3.58. The van der Waals surface area contributed by atoms with E-state index < -0.39 is 6.36 Å². The van der Waals surface area contributed by atoms with Crippen molar-refractivity contribution in [3.63, 3.8) is 0 Å². The van der Waals surface area contributed by atoms with Gasteiger partial charge in [-0.15, -0.1) is 33.6 Å². The number of aromatic nitrogens is 8. The van der Waals surface area contributed by atoms with Crippen LogP contribution in [0.4, 0.5) is 13.2 Å². The Morgan fingerprint density at radius 1 is 0.730 bits per heavy atom. The van der Waals surface area contributed by atoms with Crippen LogP contribution in [-0.2, 0) is 20.0 Å². The van der Waals surface area contributed by atoms with Gasteiger partial charge in [-0.25, -0.2) is 0 Å². The van der Waals surface area contributed by atoms with Crippen molar-refractivity contribution in [2.24, 2.45) is 18.9 Å². The Morgan fingerprint density at radius 3 is 1.81 bits per heavy atom. The summed E-state index contributed by atoms with van der Waals surface area (Å²) in [6, 6.07) is 16.9. The van der Waals surface area contributed by atoms with Crippen molar-refractivity contribution in [3.8, 4) is 34.0 Å². The number of H-pyrrole nitrogens is 2. The first-order chi connectivity index (χ1) is 30.4. The number of ether oxygens (including phenoxy) is 2. The van der Waals surface area contributed by atoms with Crippen LogP contribution in [0.2, 0.25) is 0 Å². The molecule has 0 saturated heterocycles. The third-order valence-corrected chi connectivity index (χ3v) is 12.6. The van der Waals surface area contributed by atoms with E-state index >= 15 is 0 Å². The molecule has 4 aromatic heterocycles. The molecular weight excluding hydrogens is 814 g/mol. The maximum Gasteiger partial charge on any atom is 0.573 e. The van der Waals surface area contributed by atoms with Gasteiger partial charge in [0.1, 0.15) is 35.8 Å². The number of carbonyl (C=O) groups excluding carboxylic acids is 2. The van der Waals surface area contributed by atoms with Crippen LogP contribution in [0, 0.1) is 18.8 Å². The second-order valence-corrected chi connectivity index (χ2v) is 16.9. The zero-order valence-electron chi connectivity index (χ0n) is 35.7. The largest absolute Gasteiger partial charge is 0.573 e. The molecule has 8 rings (SSSR count). The second kappa shape index (κ2) is 18.9. The van der Waals surface area contributed by atoms with Crippen molar-refractivity contribution in [3.05, 3.63) is 107 Å². The molecule has 4 N–H and O–H groups in total. The Kier molecular flexibility index (Phi) is 13.0. The molecule has 0 unspecified atom stereocenters. The van der Waals surface area contributed by atoms with Crippen LogP contribution in [0.15, 0.2) is 73.3 Å². The highest BCUT2D eigenvalue weighted by molar-refractivity contribution is 6.01. The van der Waals surface area contributed by atoms with Crippen LogP contribution in [0.25, 0.3) is 22.5 Å². The molecular formula is C46H53F3N10O4. The predicted octanol–water partition coefficient (Wildman–Crippen LogP) is 8.26. The van der Waals surface area contributed by atoms with Gasteiger partial charge in [0.25, 0.3) is 11.8 Å². The molecule has 2 aliphatic carbocycles. The highest BCUT2D eigenvalue weighted by atomic mass is 19.4. The number of halogens is 3. The summed E-state index contributed by atoms with van der Waals surface area (Å²) in [5.74, 6) is 3.32. The minimum atomic E-state index is -4.79. The van der Waals surface area contributed by atoms with E-state index in [2.05, 4.69) is 50.3 Å². The SMILES string of the molecule is COc1ccc(-c2[nH]c(CCn3cnnc3C3CCC(CNC(=O)c4cc(C)[nH]c4-c4ccc(OC(F)(F)F)cc4)CC3)cc2C(=O)NCC2CCC(c3nncn3C)CC2)cc1. The van der Waals surface area contributed by atoms with E-state index in [0.717, 1.165) is 91.4 Å². The summed E-state index contributed by atoms with van der Waals surface area (Å²) < 4.78 is 51.5. The van der Waals surface area contributed by atoms with Gasteiger partial charge >= 0.3 is 6.36 Å². The average Bonchev–Trinajstić information content (AvgIpc) is 4.11. The first kappa shape index (κ1) is 43.3. The lowest BCUT2D eigenvalue weighted by Gasteiger charge is -2.28. The third kappa shape index (κ3) is 10.5. The number of benzene rings is 2. The van der Waals surface area contributed by atoms with Gasteiger partial charge in [-0.05, 0) is 142 Å². The molecule has 17 heteroatoms. The molecule has 0 radical (unpaired) electrons. The standard InChI is InChI=1S/C46H53F3N10O4/c1-28-22-38(40(54-28)31-14-18-37(19-15-31)63-46(47,48)49)44(60)50-24-30-6-10-34(11-7-30)43-57-53-27-59(43)21-20-35-23-39(41(55-35)32-12-16-36(62-3)17-13-32)45(61)51-25-29-4-8-33(9-5-29)42-56-52-26-58(42)2/h12-19,22-23,26-27,29-30,33-34,54-55H,4-11,20-21,24-25H2,1-3H3,(H,50,60)(H,51,61). The van der Waals surface area contributed by atoms with E-state index in [0.29, 0.717) is 60.3 Å². The number of amides is 2. The number of nitrogens with one attached hydrogen (secondary N) is 4. The summed E-state index contributed by atoms with van der Waals surface area (Å²) in [7, 11) is 3.62. The van der Waals surface area contributed by atoms with Crippen LogP contribution in [-0.4, -0.2) is 77.9 Å². The first-order valence-electron chi connectivity index (χ1n) is 21.6. The lowest BCUT2D eigenvalue weighted by atomic mass is 9.81. The lowest BCUT2D eigenvalue weighted by molar-refractivity contribution is -0.274. The lowest BCUT2D eigenvalue weighted by Crippen LogP contribution is -2.31. The second-order valence-electron chi connectivity index (χ2n) is 16.9. The summed E-state index contributed by atoms with van der Waals surface area (Å²) in [6.07, 6.45) is 7.07. The number of methoxy groups -OCH3 is 1. The van der Waals surface area contributed by atoms with Gasteiger partial charge in [0.2, 0.25) is 0 Å². The Bertz CT molecular complexity index is 2470. The molecule has 2 fully saturated rings. The zero-order valence-corrected chi connectivity index (χ0v) is 35.7. The number of hydrogen-bond donors (Lipinski definition) is 4. The van der Waals surface area contributed by atoms with E-state index in [1.165, 1.54) is 24.3 Å². The Morgan fingerprint density at radius 2 is 1.25 bits per heavy atom. The number of aryl methyl sites for hydroxylation is 4. The van der Waals surface area contributed by atoms with Crippen molar-refractivity contribution in [1.29, 1.82) is 0 Å². The summed E-state index contributed by atoms with van der Waals surface area (Å²) in [4.78, 5) is 34.0. The van der Waals surface area contributed by atoms with Gasteiger partial charge in [0, 0.05) is 56.3 Å². The normalized spacial score (nSPS) is 19.1. The minimum absolute atomic E-state index is 0.103. The molecule has 0 aliphatic heterocycles. The maximum atomic E-state index is 13.8. The number of aromatic amines is 2. The molecule has 332 valence electrons. The van der Waals surface area contributed by atoms with E-state index in [1.54, 1.807) is 25.8 Å². The molecule has 0 spiro atoms. The third-order valence-electron chi connectivity index (χ3n) is 12.6. The predicted molar refractivity (Wildman–Crippen MR) is 229 cm³/mol. The Hall–Kier alpha value is -6.39. The first-order valence-corrected chi connectivity index (χ1v) is 21.6. The average molecular weight is 867 g/mol. The Labute approximate surface area is 363 Å². The highest BCUT2D eigenvalue weighted by Crippen LogP contribution is 2.37. The van der Waals surface area contributed by atoms with Gasteiger partial charge in [-0.2, -0.15) is 0 Å². The van der Waals surface area contributed by atoms with Crippen molar-refractivity contribution in [1.82, 2.24) is 50.1 Å². The van der Waals surface area contributed by atoms with Crippen LogP contribution < -0.4 is 20.1 Å². The van der Waals surface area contributed by atoms with Crippen LogP contribution in [0.5, 0.6) is 11.5 Å². The highest BCUT2D eigenvalue weighted by Gasteiger charge is 2.32. The number of rotatable bonds is 15. The number of alkyl halides is 3. The van der Waals surface area contributed by atoms with Crippen molar-refractivity contribution < 1.29 is 32.2 Å². The molecule has 14 nitrogen and oxygen atoms in total. The molecule has 0 bridgehead atoms. The molecule has 63 heavy (non-hydrogen) atoms. The van der Waals surface area contributed by atoms with E-state index in [9.17, 15) is 22.8 Å². The van der Waals surface area contributed by atoms with Gasteiger partial charge in [-0.3, -0.25) is 9.59 Å². The summed E-state index contributed by atoms with van der Waals surface area (Å²) in [5, 5.41) is 23.5.